The molecular formula is C16H17NS2. The van der Waals surface area contributed by atoms with Crippen LogP contribution in [0, 0.1) is 13.8 Å². The van der Waals surface area contributed by atoms with Crippen molar-refractivity contribution in [3.8, 4) is 0 Å². The number of fused-ring (bicyclic) bond motifs is 1. The van der Waals surface area contributed by atoms with Gasteiger partial charge in [-0.05, 0) is 49.6 Å². The van der Waals surface area contributed by atoms with E-state index in [-0.39, 0.29) is 0 Å². The molecule has 3 heteroatoms. The number of benzene rings is 1. The molecule has 19 heavy (non-hydrogen) atoms. The number of pyridine rings is 1. The number of hydrogen-bond donors (Lipinski definition) is 0. The molecule has 0 spiro atoms. The van der Waals surface area contributed by atoms with Gasteiger partial charge in [0.25, 0.3) is 0 Å². The molecule has 1 aromatic carbocycles. The lowest BCUT2D eigenvalue weighted by atomic mass is 10.1. The van der Waals surface area contributed by atoms with E-state index in [2.05, 4.69) is 55.2 Å². The van der Waals surface area contributed by atoms with Crippen molar-refractivity contribution in [2.45, 2.75) is 35.4 Å². The van der Waals surface area contributed by atoms with Crippen LogP contribution in [0.25, 0.3) is 0 Å². The summed E-state index contributed by atoms with van der Waals surface area (Å²) in [5, 5.41) is 1.85. The fraction of sp³-hybridized carbons (Fsp3) is 0.312. The summed E-state index contributed by atoms with van der Waals surface area (Å²) in [4.78, 5) is 6.06. The molecule has 1 aromatic heterocycles. The second-order valence-corrected chi connectivity index (χ2v) is 7.37. The number of hydrogen-bond acceptors (Lipinski definition) is 3. The highest BCUT2D eigenvalue weighted by Crippen LogP contribution is 2.39. The predicted octanol–water partition coefficient (Wildman–Crippen LogP) is 4.51. The number of aromatic nitrogens is 1. The molecule has 0 bridgehead atoms. The van der Waals surface area contributed by atoms with E-state index in [0.717, 1.165) is 16.5 Å². The Morgan fingerprint density at radius 2 is 2.11 bits per heavy atom. The first-order valence-electron chi connectivity index (χ1n) is 6.53. The van der Waals surface area contributed by atoms with Crippen molar-refractivity contribution in [1.82, 2.24) is 4.98 Å². The van der Waals surface area contributed by atoms with Gasteiger partial charge in [0.05, 0.1) is 5.03 Å². The Morgan fingerprint density at radius 3 is 2.89 bits per heavy atom. The lowest BCUT2D eigenvalue weighted by Crippen LogP contribution is -2.04. The van der Waals surface area contributed by atoms with Gasteiger partial charge in [0.2, 0.25) is 0 Å². The van der Waals surface area contributed by atoms with Crippen LogP contribution < -0.4 is 0 Å². The SMILES string of the molecule is Cc1cc(C)nc(SCC2Cc3ccccc3S2)c1. The first-order chi connectivity index (χ1) is 9.20. The van der Waals surface area contributed by atoms with E-state index < -0.39 is 0 Å². The summed E-state index contributed by atoms with van der Waals surface area (Å²) in [5.41, 5.74) is 3.92. The molecular weight excluding hydrogens is 270 g/mol. The van der Waals surface area contributed by atoms with Crippen LogP contribution in [0.2, 0.25) is 0 Å². The largest absolute Gasteiger partial charge is 0.247 e. The second kappa shape index (κ2) is 5.59. The van der Waals surface area contributed by atoms with E-state index in [1.54, 1.807) is 0 Å². The minimum Gasteiger partial charge on any atom is -0.247 e. The summed E-state index contributed by atoms with van der Waals surface area (Å²) >= 11 is 3.90. The van der Waals surface area contributed by atoms with Crippen LogP contribution in [0.5, 0.6) is 0 Å². The Hall–Kier alpha value is -0.930. The summed E-state index contributed by atoms with van der Waals surface area (Å²) in [7, 11) is 0. The lowest BCUT2D eigenvalue weighted by molar-refractivity contribution is 0.964. The number of thioether (sulfide) groups is 2. The van der Waals surface area contributed by atoms with Crippen LogP contribution in [0.1, 0.15) is 16.8 Å². The Kier molecular flexibility index (Phi) is 3.85. The van der Waals surface area contributed by atoms with Crippen molar-refractivity contribution >= 4 is 23.5 Å². The van der Waals surface area contributed by atoms with E-state index in [9.17, 15) is 0 Å². The summed E-state index contributed by atoms with van der Waals surface area (Å²) in [6.07, 6.45) is 1.19. The zero-order chi connectivity index (χ0) is 13.2. The number of aryl methyl sites for hydroxylation is 2. The monoisotopic (exact) mass is 287 g/mol. The average molecular weight is 287 g/mol. The molecule has 0 radical (unpaired) electrons. The highest BCUT2D eigenvalue weighted by Gasteiger charge is 2.21. The fourth-order valence-corrected chi connectivity index (χ4v) is 4.91. The zero-order valence-electron chi connectivity index (χ0n) is 11.2. The second-order valence-electron chi connectivity index (χ2n) is 4.99. The smallest absolute Gasteiger partial charge is 0.0966 e. The number of nitrogens with zero attached hydrogens (tertiary/aromatic N) is 1. The summed E-state index contributed by atoms with van der Waals surface area (Å²) in [6, 6.07) is 13.1. The van der Waals surface area contributed by atoms with E-state index in [4.69, 9.17) is 0 Å². The van der Waals surface area contributed by atoms with Gasteiger partial charge >= 0.3 is 0 Å². The molecule has 1 unspecified atom stereocenters. The Labute approximate surface area is 123 Å². The number of rotatable bonds is 3. The molecule has 0 saturated heterocycles. The molecule has 1 atom stereocenters. The Morgan fingerprint density at radius 1 is 1.26 bits per heavy atom. The quantitative estimate of drug-likeness (QED) is 0.771. The minimum absolute atomic E-state index is 0.685. The van der Waals surface area contributed by atoms with Crippen LogP contribution in [-0.2, 0) is 6.42 Å². The molecule has 0 aliphatic carbocycles. The molecule has 1 aliphatic heterocycles. The first-order valence-corrected chi connectivity index (χ1v) is 8.40. The molecule has 2 aromatic rings. The van der Waals surface area contributed by atoms with Gasteiger partial charge in [-0.1, -0.05) is 18.2 Å². The zero-order valence-corrected chi connectivity index (χ0v) is 12.9. The van der Waals surface area contributed by atoms with Gasteiger partial charge in [-0.15, -0.1) is 23.5 Å². The third kappa shape index (κ3) is 3.15. The fourth-order valence-electron chi connectivity index (χ4n) is 2.40. The van der Waals surface area contributed by atoms with Crippen molar-refractivity contribution in [3.63, 3.8) is 0 Å². The maximum Gasteiger partial charge on any atom is 0.0966 e. The third-order valence-electron chi connectivity index (χ3n) is 3.21. The van der Waals surface area contributed by atoms with E-state index >= 15 is 0 Å². The van der Waals surface area contributed by atoms with Gasteiger partial charge in [0.1, 0.15) is 0 Å². The first kappa shape index (κ1) is 13.1. The third-order valence-corrected chi connectivity index (χ3v) is 5.81. The van der Waals surface area contributed by atoms with Crippen LogP contribution in [0.15, 0.2) is 46.3 Å². The van der Waals surface area contributed by atoms with E-state index in [0.29, 0.717) is 5.25 Å². The van der Waals surface area contributed by atoms with Crippen molar-refractivity contribution in [2.75, 3.05) is 5.75 Å². The molecule has 1 nitrogen and oxygen atoms in total. The molecule has 0 fully saturated rings. The van der Waals surface area contributed by atoms with Crippen LogP contribution >= 0.6 is 23.5 Å². The normalized spacial score (nSPS) is 17.5. The van der Waals surface area contributed by atoms with Crippen molar-refractivity contribution in [1.29, 1.82) is 0 Å². The van der Waals surface area contributed by atoms with Gasteiger partial charge in [-0.2, -0.15) is 0 Å². The molecule has 98 valence electrons. The Bertz CT molecular complexity index is 550. The van der Waals surface area contributed by atoms with Gasteiger partial charge in [-0.3, -0.25) is 0 Å². The predicted molar refractivity (Wildman–Crippen MR) is 84.2 cm³/mol. The van der Waals surface area contributed by atoms with E-state index in [1.807, 2.05) is 23.5 Å². The highest BCUT2D eigenvalue weighted by atomic mass is 32.2. The van der Waals surface area contributed by atoms with Crippen molar-refractivity contribution in [2.24, 2.45) is 0 Å². The van der Waals surface area contributed by atoms with Crippen LogP contribution in [-0.4, -0.2) is 16.0 Å². The standard InChI is InChI=1S/C16H17NS2/c1-11-7-12(2)17-16(8-11)18-10-14-9-13-5-3-4-6-15(13)19-14/h3-8,14H,9-10H2,1-2H3. The summed E-state index contributed by atoms with van der Waals surface area (Å²) in [5.74, 6) is 1.13. The molecule has 0 saturated carbocycles. The van der Waals surface area contributed by atoms with Gasteiger partial charge in [0, 0.05) is 21.6 Å². The molecule has 1 aliphatic rings. The topological polar surface area (TPSA) is 12.9 Å². The van der Waals surface area contributed by atoms with Crippen LogP contribution in [0.3, 0.4) is 0 Å². The van der Waals surface area contributed by atoms with Gasteiger partial charge in [0.15, 0.2) is 0 Å². The Balaban J connectivity index is 1.62. The van der Waals surface area contributed by atoms with Gasteiger partial charge < -0.3 is 0 Å². The molecule has 0 N–H and O–H groups in total. The summed E-state index contributed by atoms with van der Waals surface area (Å²) in [6.45, 7) is 4.20. The van der Waals surface area contributed by atoms with Crippen molar-refractivity contribution < 1.29 is 0 Å². The van der Waals surface area contributed by atoms with E-state index in [1.165, 1.54) is 22.4 Å². The maximum atomic E-state index is 4.60. The molecule has 0 amide bonds. The molecule has 2 heterocycles. The highest BCUT2D eigenvalue weighted by molar-refractivity contribution is 8.03. The average Bonchev–Trinajstić information content (AvgIpc) is 2.78. The van der Waals surface area contributed by atoms with Gasteiger partial charge in [-0.25, -0.2) is 4.98 Å². The molecule has 3 rings (SSSR count). The minimum atomic E-state index is 0.685. The van der Waals surface area contributed by atoms with Crippen molar-refractivity contribution in [3.05, 3.63) is 53.2 Å². The van der Waals surface area contributed by atoms with Crippen LogP contribution in [0.4, 0.5) is 0 Å². The summed E-state index contributed by atoms with van der Waals surface area (Å²) < 4.78 is 0. The lowest BCUT2D eigenvalue weighted by Gasteiger charge is -2.08. The maximum absolute atomic E-state index is 4.60.